The predicted molar refractivity (Wildman–Crippen MR) is 104 cm³/mol. The number of halogens is 1. The summed E-state index contributed by atoms with van der Waals surface area (Å²) in [6.07, 6.45) is 0. The minimum atomic E-state index is 0.639. The quantitative estimate of drug-likeness (QED) is 0.640. The average Bonchev–Trinajstić information content (AvgIpc) is 2.61. The lowest BCUT2D eigenvalue weighted by Gasteiger charge is -2.12. The molecule has 6 nitrogen and oxygen atoms in total. The fourth-order valence-corrected chi connectivity index (χ4v) is 2.66. The molecule has 2 aromatic carbocycles. The number of nitrogens with one attached hydrogen (secondary N) is 2. The van der Waals surface area contributed by atoms with Crippen molar-refractivity contribution in [1.29, 1.82) is 0 Å². The van der Waals surface area contributed by atoms with Gasteiger partial charge in [0.1, 0.15) is 17.5 Å². The lowest BCUT2D eigenvalue weighted by Crippen LogP contribution is -2.02. The molecule has 0 spiro atoms. The van der Waals surface area contributed by atoms with Crippen LogP contribution in [0.15, 0.2) is 48.5 Å². The number of nitrogens with zero attached hydrogens (tertiary/aromatic N) is 2. The first kappa shape index (κ1) is 17.8. The molecular formula is C19H19ClN4O2. The van der Waals surface area contributed by atoms with Crippen molar-refractivity contribution in [3.05, 3.63) is 59.4 Å². The second kappa shape index (κ2) is 7.93. The van der Waals surface area contributed by atoms with Crippen LogP contribution in [0, 0.1) is 6.92 Å². The molecule has 1 aromatic heterocycles. The summed E-state index contributed by atoms with van der Waals surface area (Å²) in [7, 11) is 3.20. The van der Waals surface area contributed by atoms with Gasteiger partial charge in [-0.2, -0.15) is 0 Å². The minimum absolute atomic E-state index is 0.639. The van der Waals surface area contributed by atoms with Crippen LogP contribution in [-0.4, -0.2) is 24.2 Å². The molecule has 0 saturated carbocycles. The number of methoxy groups -OCH3 is 2. The Labute approximate surface area is 157 Å². The summed E-state index contributed by atoms with van der Waals surface area (Å²) in [4.78, 5) is 8.84. The van der Waals surface area contributed by atoms with E-state index >= 15 is 0 Å². The van der Waals surface area contributed by atoms with Gasteiger partial charge in [-0.15, -0.1) is 0 Å². The van der Waals surface area contributed by atoms with E-state index in [0.29, 0.717) is 34.0 Å². The van der Waals surface area contributed by atoms with Crippen molar-refractivity contribution in [3.8, 4) is 11.5 Å². The molecular weight excluding hydrogens is 352 g/mol. The van der Waals surface area contributed by atoms with Gasteiger partial charge in [0.25, 0.3) is 0 Å². The molecule has 2 N–H and O–H groups in total. The van der Waals surface area contributed by atoms with Gasteiger partial charge in [0.15, 0.2) is 11.5 Å². The number of rotatable bonds is 6. The van der Waals surface area contributed by atoms with Crippen molar-refractivity contribution in [2.45, 2.75) is 6.92 Å². The van der Waals surface area contributed by atoms with Gasteiger partial charge in [0.2, 0.25) is 0 Å². The number of ether oxygens (including phenoxy) is 2. The third-order valence-electron chi connectivity index (χ3n) is 3.59. The van der Waals surface area contributed by atoms with Crippen LogP contribution in [0.25, 0.3) is 0 Å². The zero-order valence-corrected chi connectivity index (χ0v) is 15.5. The maximum absolute atomic E-state index is 6.03. The Morgan fingerprint density at radius 1 is 0.808 bits per heavy atom. The number of benzene rings is 2. The first-order valence-corrected chi connectivity index (χ1v) is 8.32. The normalized spacial score (nSPS) is 10.3. The van der Waals surface area contributed by atoms with Gasteiger partial charge in [-0.3, -0.25) is 0 Å². The summed E-state index contributed by atoms with van der Waals surface area (Å²) in [5.74, 6) is 3.28. The number of hydrogen-bond acceptors (Lipinski definition) is 6. The van der Waals surface area contributed by atoms with Crippen molar-refractivity contribution < 1.29 is 9.47 Å². The van der Waals surface area contributed by atoms with Gasteiger partial charge in [-0.1, -0.05) is 17.7 Å². The van der Waals surface area contributed by atoms with E-state index in [-0.39, 0.29) is 0 Å². The first-order chi connectivity index (χ1) is 12.6. The van der Waals surface area contributed by atoms with Crippen LogP contribution in [0.4, 0.5) is 23.0 Å². The number of aromatic nitrogens is 2. The molecule has 3 rings (SSSR count). The molecule has 26 heavy (non-hydrogen) atoms. The monoisotopic (exact) mass is 370 g/mol. The van der Waals surface area contributed by atoms with Gasteiger partial charge >= 0.3 is 0 Å². The zero-order chi connectivity index (χ0) is 18.5. The van der Waals surface area contributed by atoms with Crippen molar-refractivity contribution in [2.24, 2.45) is 0 Å². The Bertz CT molecular complexity index is 918. The van der Waals surface area contributed by atoms with Crippen LogP contribution >= 0.6 is 11.6 Å². The molecule has 0 radical (unpaired) electrons. The number of hydrogen-bond donors (Lipinski definition) is 2. The molecule has 0 fully saturated rings. The van der Waals surface area contributed by atoms with Gasteiger partial charge in [0.05, 0.1) is 14.2 Å². The second-order valence-electron chi connectivity index (χ2n) is 5.52. The van der Waals surface area contributed by atoms with E-state index in [4.69, 9.17) is 21.1 Å². The first-order valence-electron chi connectivity index (χ1n) is 7.94. The summed E-state index contributed by atoms with van der Waals surface area (Å²) in [5.41, 5.74) is 1.68. The summed E-state index contributed by atoms with van der Waals surface area (Å²) >= 11 is 6.03. The largest absolute Gasteiger partial charge is 0.493 e. The molecule has 0 aliphatic rings. The third kappa shape index (κ3) is 4.34. The van der Waals surface area contributed by atoms with Crippen LogP contribution in [0.5, 0.6) is 11.5 Å². The van der Waals surface area contributed by atoms with E-state index in [1.807, 2.05) is 55.5 Å². The molecule has 0 amide bonds. The molecule has 7 heteroatoms. The molecule has 1 heterocycles. The van der Waals surface area contributed by atoms with E-state index in [1.54, 1.807) is 14.2 Å². The van der Waals surface area contributed by atoms with Crippen molar-refractivity contribution in [3.63, 3.8) is 0 Å². The molecule has 0 bridgehead atoms. The number of anilines is 4. The number of aryl methyl sites for hydroxylation is 1. The molecule has 3 aromatic rings. The van der Waals surface area contributed by atoms with Crippen LogP contribution in [0.2, 0.25) is 5.02 Å². The molecule has 0 aliphatic carbocycles. The van der Waals surface area contributed by atoms with Gasteiger partial charge in [0, 0.05) is 28.5 Å². The second-order valence-corrected chi connectivity index (χ2v) is 5.95. The topological polar surface area (TPSA) is 68.3 Å². The third-order valence-corrected chi connectivity index (χ3v) is 3.83. The van der Waals surface area contributed by atoms with Crippen molar-refractivity contribution in [1.82, 2.24) is 9.97 Å². The highest BCUT2D eigenvalue weighted by Gasteiger charge is 2.07. The van der Waals surface area contributed by atoms with Crippen LogP contribution in [-0.2, 0) is 0 Å². The SMILES string of the molecule is COc1ccc(Nc2cc(Nc3cccc(Cl)c3)nc(C)n2)cc1OC. The summed E-state index contributed by atoms with van der Waals surface area (Å²) in [5, 5.41) is 7.14. The Morgan fingerprint density at radius 2 is 1.46 bits per heavy atom. The van der Waals surface area contributed by atoms with E-state index in [2.05, 4.69) is 20.6 Å². The summed E-state index contributed by atoms with van der Waals surface area (Å²) in [6.45, 7) is 1.84. The summed E-state index contributed by atoms with van der Waals surface area (Å²) < 4.78 is 10.6. The van der Waals surface area contributed by atoms with Gasteiger partial charge in [-0.05, 0) is 37.3 Å². The molecule has 134 valence electrons. The maximum atomic E-state index is 6.03. The van der Waals surface area contributed by atoms with Gasteiger partial charge < -0.3 is 20.1 Å². The molecule has 0 atom stereocenters. The Morgan fingerprint density at radius 3 is 2.08 bits per heavy atom. The molecule has 0 saturated heterocycles. The fraction of sp³-hybridized carbons (Fsp3) is 0.158. The lowest BCUT2D eigenvalue weighted by molar-refractivity contribution is 0.355. The zero-order valence-electron chi connectivity index (χ0n) is 14.7. The highest BCUT2D eigenvalue weighted by Crippen LogP contribution is 2.31. The standard InChI is InChI=1S/C19H19ClN4O2/c1-12-21-18(23-14-6-4-5-13(20)9-14)11-19(22-12)24-15-7-8-16(25-2)17(10-15)26-3/h4-11H,1-3H3,(H2,21,22,23,24). The van der Waals surface area contributed by atoms with Crippen LogP contribution in [0.1, 0.15) is 5.82 Å². The van der Waals surface area contributed by atoms with Crippen LogP contribution < -0.4 is 20.1 Å². The smallest absolute Gasteiger partial charge is 0.162 e. The van der Waals surface area contributed by atoms with Crippen molar-refractivity contribution in [2.75, 3.05) is 24.9 Å². The minimum Gasteiger partial charge on any atom is -0.493 e. The highest BCUT2D eigenvalue weighted by molar-refractivity contribution is 6.30. The Balaban J connectivity index is 1.83. The predicted octanol–water partition coefficient (Wildman–Crippen LogP) is 4.94. The average molecular weight is 371 g/mol. The maximum Gasteiger partial charge on any atom is 0.162 e. The van der Waals surface area contributed by atoms with Crippen molar-refractivity contribution >= 4 is 34.6 Å². The van der Waals surface area contributed by atoms with E-state index in [9.17, 15) is 0 Å². The van der Waals surface area contributed by atoms with E-state index in [1.165, 1.54) is 0 Å². The van der Waals surface area contributed by atoms with Crippen LogP contribution in [0.3, 0.4) is 0 Å². The van der Waals surface area contributed by atoms with E-state index in [0.717, 1.165) is 11.4 Å². The lowest BCUT2D eigenvalue weighted by atomic mass is 10.2. The van der Waals surface area contributed by atoms with Gasteiger partial charge in [-0.25, -0.2) is 9.97 Å². The molecule has 0 aliphatic heterocycles. The summed E-state index contributed by atoms with van der Waals surface area (Å²) in [6, 6.07) is 14.9. The Kier molecular flexibility index (Phi) is 5.43. The van der Waals surface area contributed by atoms with E-state index < -0.39 is 0 Å². The fourth-order valence-electron chi connectivity index (χ4n) is 2.47. The highest BCUT2D eigenvalue weighted by atomic mass is 35.5. The Hall–Kier alpha value is -2.99. The molecule has 0 unspecified atom stereocenters.